The SMILES string of the molecule is CCC(C)N(C)C(C)[C@](C)(C=NC)C(C)(C)O. The minimum Gasteiger partial charge on any atom is -0.389 e. The highest BCUT2D eigenvalue weighted by atomic mass is 16.3. The number of aliphatic imine (C=N–C) groups is 1. The van der Waals surface area contributed by atoms with Gasteiger partial charge in [0.25, 0.3) is 0 Å². The topological polar surface area (TPSA) is 35.8 Å². The van der Waals surface area contributed by atoms with Crippen LogP contribution in [0.15, 0.2) is 4.99 Å². The molecule has 0 aromatic heterocycles. The quantitative estimate of drug-likeness (QED) is 0.727. The molecular formula is C14H30N2O. The van der Waals surface area contributed by atoms with Crippen LogP contribution in [0.2, 0.25) is 0 Å². The molecule has 0 fully saturated rings. The fraction of sp³-hybridized carbons (Fsp3) is 0.929. The van der Waals surface area contributed by atoms with Crippen molar-refractivity contribution < 1.29 is 5.11 Å². The van der Waals surface area contributed by atoms with Crippen molar-refractivity contribution in [2.24, 2.45) is 10.4 Å². The highest BCUT2D eigenvalue weighted by molar-refractivity contribution is 5.68. The third-order valence-electron chi connectivity index (χ3n) is 4.48. The number of hydrogen-bond acceptors (Lipinski definition) is 3. The van der Waals surface area contributed by atoms with Crippen LogP contribution in [0.25, 0.3) is 0 Å². The number of aliphatic hydroxyl groups is 1. The molecular weight excluding hydrogens is 212 g/mol. The molecule has 0 aliphatic rings. The predicted molar refractivity (Wildman–Crippen MR) is 75.8 cm³/mol. The van der Waals surface area contributed by atoms with Crippen molar-refractivity contribution in [3.05, 3.63) is 0 Å². The summed E-state index contributed by atoms with van der Waals surface area (Å²) in [4.78, 5) is 6.47. The van der Waals surface area contributed by atoms with E-state index in [0.717, 1.165) is 6.42 Å². The molecule has 0 radical (unpaired) electrons. The third-order valence-corrected chi connectivity index (χ3v) is 4.48. The fourth-order valence-corrected chi connectivity index (χ4v) is 2.14. The molecule has 17 heavy (non-hydrogen) atoms. The van der Waals surface area contributed by atoms with Gasteiger partial charge in [-0.3, -0.25) is 0 Å². The van der Waals surface area contributed by atoms with Crippen molar-refractivity contribution in [2.45, 2.75) is 65.6 Å². The maximum absolute atomic E-state index is 10.4. The van der Waals surface area contributed by atoms with Crippen LogP contribution in [0, 0.1) is 5.41 Å². The second-order valence-corrected chi connectivity index (χ2v) is 5.83. The van der Waals surface area contributed by atoms with Gasteiger partial charge in [-0.25, -0.2) is 0 Å². The summed E-state index contributed by atoms with van der Waals surface area (Å²) < 4.78 is 0. The molecule has 0 saturated carbocycles. The summed E-state index contributed by atoms with van der Waals surface area (Å²) in [5, 5.41) is 10.4. The van der Waals surface area contributed by atoms with Crippen LogP contribution in [-0.4, -0.2) is 48.0 Å². The number of rotatable bonds is 6. The van der Waals surface area contributed by atoms with E-state index in [4.69, 9.17) is 0 Å². The van der Waals surface area contributed by atoms with Crippen LogP contribution in [0.4, 0.5) is 0 Å². The molecule has 2 unspecified atom stereocenters. The summed E-state index contributed by atoms with van der Waals surface area (Å²) in [7, 11) is 3.88. The normalized spacial score (nSPS) is 20.6. The van der Waals surface area contributed by atoms with Gasteiger partial charge in [0.2, 0.25) is 0 Å². The summed E-state index contributed by atoms with van der Waals surface area (Å²) in [6, 6.07) is 0.720. The Morgan fingerprint density at radius 3 is 2.06 bits per heavy atom. The van der Waals surface area contributed by atoms with Crippen LogP contribution >= 0.6 is 0 Å². The zero-order chi connectivity index (χ0) is 13.9. The lowest BCUT2D eigenvalue weighted by Crippen LogP contribution is -2.56. The first kappa shape index (κ1) is 16.6. The van der Waals surface area contributed by atoms with Gasteiger partial charge in [0.15, 0.2) is 0 Å². The smallest absolute Gasteiger partial charge is 0.0709 e. The molecule has 0 aliphatic carbocycles. The third kappa shape index (κ3) is 3.52. The van der Waals surface area contributed by atoms with E-state index in [-0.39, 0.29) is 11.5 Å². The first-order valence-corrected chi connectivity index (χ1v) is 6.49. The van der Waals surface area contributed by atoms with Crippen molar-refractivity contribution in [3.8, 4) is 0 Å². The zero-order valence-corrected chi connectivity index (χ0v) is 12.8. The summed E-state index contributed by atoms with van der Waals surface area (Å²) in [6.45, 7) is 12.3. The van der Waals surface area contributed by atoms with Gasteiger partial charge in [0.05, 0.1) is 5.60 Å². The Bertz CT molecular complexity index is 257. The lowest BCUT2D eigenvalue weighted by molar-refractivity contribution is -0.0488. The van der Waals surface area contributed by atoms with Gasteiger partial charge >= 0.3 is 0 Å². The van der Waals surface area contributed by atoms with E-state index in [2.05, 4.69) is 44.6 Å². The first-order chi connectivity index (χ1) is 7.61. The zero-order valence-electron chi connectivity index (χ0n) is 12.8. The van der Waals surface area contributed by atoms with Crippen molar-refractivity contribution in [3.63, 3.8) is 0 Å². The maximum Gasteiger partial charge on any atom is 0.0709 e. The van der Waals surface area contributed by atoms with Gasteiger partial charge in [-0.2, -0.15) is 0 Å². The molecule has 0 saturated heterocycles. The van der Waals surface area contributed by atoms with Gasteiger partial charge in [0.1, 0.15) is 0 Å². The summed E-state index contributed by atoms with van der Waals surface area (Å²) >= 11 is 0. The molecule has 102 valence electrons. The second-order valence-electron chi connectivity index (χ2n) is 5.83. The Balaban J connectivity index is 5.22. The molecule has 0 spiro atoms. The number of hydrogen-bond donors (Lipinski definition) is 1. The summed E-state index contributed by atoms with van der Waals surface area (Å²) in [5.41, 5.74) is -1.16. The molecule has 0 rings (SSSR count). The minimum absolute atomic E-state index is 0.223. The molecule has 3 nitrogen and oxygen atoms in total. The van der Waals surface area contributed by atoms with Crippen molar-refractivity contribution in [2.75, 3.05) is 14.1 Å². The van der Waals surface area contributed by atoms with Crippen molar-refractivity contribution in [1.82, 2.24) is 4.90 Å². The lowest BCUT2D eigenvalue weighted by atomic mass is 9.70. The van der Waals surface area contributed by atoms with Gasteiger partial charge in [0, 0.05) is 30.8 Å². The van der Waals surface area contributed by atoms with E-state index < -0.39 is 5.60 Å². The maximum atomic E-state index is 10.4. The first-order valence-electron chi connectivity index (χ1n) is 6.49. The number of nitrogens with zero attached hydrogens (tertiary/aromatic N) is 2. The highest BCUT2D eigenvalue weighted by Gasteiger charge is 2.44. The highest BCUT2D eigenvalue weighted by Crippen LogP contribution is 2.36. The largest absolute Gasteiger partial charge is 0.389 e. The van der Waals surface area contributed by atoms with Crippen LogP contribution in [0.5, 0.6) is 0 Å². The molecule has 0 amide bonds. The summed E-state index contributed by atoms with van der Waals surface area (Å²) in [6.07, 6.45) is 2.99. The average molecular weight is 242 g/mol. The second kappa shape index (κ2) is 5.96. The summed E-state index contributed by atoms with van der Waals surface area (Å²) in [5.74, 6) is 0. The van der Waals surface area contributed by atoms with Gasteiger partial charge in [-0.05, 0) is 41.2 Å². The molecule has 3 atom stereocenters. The molecule has 0 bridgehead atoms. The molecule has 0 aliphatic heterocycles. The van der Waals surface area contributed by atoms with Crippen LogP contribution in [-0.2, 0) is 0 Å². The van der Waals surface area contributed by atoms with Gasteiger partial charge in [-0.1, -0.05) is 13.8 Å². The molecule has 3 heteroatoms. The minimum atomic E-state index is -0.798. The van der Waals surface area contributed by atoms with E-state index in [0.29, 0.717) is 6.04 Å². The van der Waals surface area contributed by atoms with E-state index in [9.17, 15) is 5.11 Å². The average Bonchev–Trinajstić information content (AvgIpc) is 2.24. The van der Waals surface area contributed by atoms with Crippen LogP contribution in [0.1, 0.15) is 48.0 Å². The van der Waals surface area contributed by atoms with Crippen LogP contribution < -0.4 is 0 Å². The Hall–Kier alpha value is -0.410. The van der Waals surface area contributed by atoms with E-state index >= 15 is 0 Å². The Labute approximate surface area is 107 Å². The van der Waals surface area contributed by atoms with Gasteiger partial charge in [-0.15, -0.1) is 0 Å². The van der Waals surface area contributed by atoms with Crippen molar-refractivity contribution >= 4 is 6.21 Å². The predicted octanol–water partition coefficient (Wildman–Crippen LogP) is 2.58. The molecule has 0 aromatic rings. The Morgan fingerprint density at radius 2 is 1.76 bits per heavy atom. The van der Waals surface area contributed by atoms with E-state index in [1.165, 1.54) is 0 Å². The van der Waals surface area contributed by atoms with E-state index in [1.807, 2.05) is 20.1 Å². The van der Waals surface area contributed by atoms with Crippen molar-refractivity contribution in [1.29, 1.82) is 0 Å². The Kier molecular flexibility index (Phi) is 5.82. The lowest BCUT2D eigenvalue weighted by Gasteiger charge is -2.47. The molecule has 0 aromatic carbocycles. The Morgan fingerprint density at radius 1 is 1.29 bits per heavy atom. The molecule has 0 heterocycles. The molecule has 1 N–H and O–H groups in total. The fourth-order valence-electron chi connectivity index (χ4n) is 2.14. The van der Waals surface area contributed by atoms with Gasteiger partial charge < -0.3 is 15.0 Å². The standard InChI is InChI=1S/C14H30N2O/c1-9-11(2)16(8)12(3)14(6,10-15-7)13(4,5)17/h10-12,17H,9H2,1-8H3/t11?,12?,14-/m0/s1. The van der Waals surface area contributed by atoms with E-state index in [1.54, 1.807) is 7.05 Å². The van der Waals surface area contributed by atoms with Crippen LogP contribution in [0.3, 0.4) is 0 Å². The monoisotopic (exact) mass is 242 g/mol.